The molecular weight excluding hydrogens is 403 g/mol. The third kappa shape index (κ3) is 5.31. The summed E-state index contributed by atoms with van der Waals surface area (Å²) in [6.07, 6.45) is -2.69. The van der Waals surface area contributed by atoms with E-state index in [1.54, 1.807) is 17.9 Å². The average Bonchev–Trinajstić information content (AvgIpc) is 3.28. The average molecular weight is 423 g/mol. The van der Waals surface area contributed by atoms with Crippen LogP contribution in [0.1, 0.15) is 27.7 Å². The van der Waals surface area contributed by atoms with Crippen molar-refractivity contribution in [1.29, 1.82) is 0 Å². The van der Waals surface area contributed by atoms with Crippen molar-refractivity contribution in [2.75, 3.05) is 7.05 Å². The Hall–Kier alpha value is -2.95. The van der Waals surface area contributed by atoms with Gasteiger partial charge in [0.15, 0.2) is 17.5 Å². The van der Waals surface area contributed by atoms with Crippen molar-refractivity contribution in [3.8, 4) is 5.82 Å². The molecule has 0 aromatic carbocycles. The molecule has 154 valence electrons. The number of alkyl halides is 3. The van der Waals surface area contributed by atoms with Crippen LogP contribution in [0.4, 0.5) is 13.2 Å². The van der Waals surface area contributed by atoms with E-state index in [1.807, 2.05) is 32.0 Å². The van der Waals surface area contributed by atoms with E-state index in [0.717, 1.165) is 39.5 Å². The molecule has 7 nitrogen and oxygen atoms in total. The summed E-state index contributed by atoms with van der Waals surface area (Å²) in [5, 5.41) is 11.8. The Morgan fingerprint density at radius 2 is 1.97 bits per heavy atom. The molecule has 0 aliphatic carbocycles. The van der Waals surface area contributed by atoms with Crippen LogP contribution in [0.5, 0.6) is 0 Å². The molecule has 0 radical (unpaired) electrons. The van der Waals surface area contributed by atoms with Crippen LogP contribution in [-0.4, -0.2) is 32.8 Å². The van der Waals surface area contributed by atoms with E-state index >= 15 is 0 Å². The van der Waals surface area contributed by atoms with Gasteiger partial charge in [0, 0.05) is 30.9 Å². The molecule has 29 heavy (non-hydrogen) atoms. The summed E-state index contributed by atoms with van der Waals surface area (Å²) in [5.41, 5.74) is 1.97. The number of halogens is 3. The van der Waals surface area contributed by atoms with E-state index in [9.17, 15) is 13.2 Å². The summed E-state index contributed by atoms with van der Waals surface area (Å²) < 4.78 is 39.6. The molecule has 3 heterocycles. The number of hydrogen-bond donors (Lipinski definition) is 2. The molecule has 0 fully saturated rings. The molecule has 3 rings (SSSR count). The summed E-state index contributed by atoms with van der Waals surface area (Å²) in [7, 11) is 1.59. The Balaban J connectivity index is 1.54. The van der Waals surface area contributed by atoms with Crippen molar-refractivity contribution in [3.63, 3.8) is 0 Å². The molecule has 0 spiro atoms. The fourth-order valence-corrected chi connectivity index (χ4v) is 3.34. The largest absolute Gasteiger partial charge is 0.434 e. The first-order valence-corrected chi connectivity index (χ1v) is 9.59. The van der Waals surface area contributed by atoms with Crippen molar-refractivity contribution in [2.45, 2.75) is 33.1 Å². The second kappa shape index (κ2) is 8.60. The second-order valence-electron chi connectivity index (χ2n) is 6.27. The molecule has 3 aromatic rings. The molecule has 0 aliphatic heterocycles. The first-order chi connectivity index (χ1) is 13.8. The Morgan fingerprint density at radius 3 is 2.52 bits per heavy atom. The van der Waals surface area contributed by atoms with Gasteiger partial charge in [0.25, 0.3) is 0 Å². The lowest BCUT2D eigenvalue weighted by Gasteiger charge is -2.11. The molecular formula is C18H20F3N7S. The van der Waals surface area contributed by atoms with Crippen LogP contribution in [0.2, 0.25) is 0 Å². The first-order valence-electron chi connectivity index (χ1n) is 8.71. The van der Waals surface area contributed by atoms with Gasteiger partial charge in [-0.25, -0.2) is 14.6 Å². The molecule has 0 bridgehead atoms. The van der Waals surface area contributed by atoms with Gasteiger partial charge in [-0.05, 0) is 31.5 Å². The minimum Gasteiger partial charge on any atom is -0.352 e. The summed E-state index contributed by atoms with van der Waals surface area (Å²) in [5.74, 6) is 1.18. The van der Waals surface area contributed by atoms with Crippen molar-refractivity contribution >= 4 is 17.3 Å². The monoisotopic (exact) mass is 423 g/mol. The minimum atomic E-state index is -4.43. The van der Waals surface area contributed by atoms with Crippen LogP contribution < -0.4 is 10.6 Å². The van der Waals surface area contributed by atoms with Gasteiger partial charge in [-0.15, -0.1) is 11.3 Å². The van der Waals surface area contributed by atoms with Gasteiger partial charge in [0.1, 0.15) is 5.01 Å². The summed E-state index contributed by atoms with van der Waals surface area (Å²) in [4.78, 5) is 12.1. The number of aryl methyl sites for hydroxylation is 2. The fraction of sp³-hybridized carbons (Fsp3) is 0.333. The highest BCUT2D eigenvalue weighted by molar-refractivity contribution is 7.09. The van der Waals surface area contributed by atoms with E-state index in [0.29, 0.717) is 17.5 Å². The normalized spacial score (nSPS) is 12.3. The lowest BCUT2D eigenvalue weighted by atomic mass is 10.3. The highest BCUT2D eigenvalue weighted by Gasteiger charge is 2.33. The first kappa shape index (κ1) is 20.8. The Morgan fingerprint density at radius 1 is 1.21 bits per heavy atom. The van der Waals surface area contributed by atoms with Crippen molar-refractivity contribution in [2.24, 2.45) is 4.99 Å². The number of nitrogens with zero attached hydrogens (tertiary/aromatic N) is 5. The highest BCUT2D eigenvalue weighted by Crippen LogP contribution is 2.29. The number of guanidine groups is 1. The Labute approximate surface area is 169 Å². The summed E-state index contributed by atoms with van der Waals surface area (Å²) in [6, 6.07) is 5.78. The van der Waals surface area contributed by atoms with E-state index in [2.05, 4.69) is 30.7 Å². The van der Waals surface area contributed by atoms with Gasteiger partial charge < -0.3 is 10.6 Å². The molecule has 0 atom stereocenters. The maximum absolute atomic E-state index is 12.6. The Kier molecular flexibility index (Phi) is 6.16. The van der Waals surface area contributed by atoms with E-state index < -0.39 is 11.9 Å². The number of nitrogens with one attached hydrogen (secondary N) is 2. The lowest BCUT2D eigenvalue weighted by molar-refractivity contribution is -0.140. The van der Waals surface area contributed by atoms with Gasteiger partial charge in [0.05, 0.1) is 12.2 Å². The van der Waals surface area contributed by atoms with Crippen LogP contribution in [0.25, 0.3) is 5.82 Å². The predicted octanol–water partition coefficient (Wildman–Crippen LogP) is 3.22. The zero-order chi connectivity index (χ0) is 21.0. The zero-order valence-corrected chi connectivity index (χ0v) is 16.9. The second-order valence-corrected chi connectivity index (χ2v) is 7.21. The molecule has 3 aromatic heterocycles. The maximum atomic E-state index is 12.6. The minimum absolute atomic E-state index is 0.148. The fourth-order valence-electron chi connectivity index (χ4n) is 2.60. The van der Waals surface area contributed by atoms with Crippen LogP contribution >= 0.6 is 11.3 Å². The maximum Gasteiger partial charge on any atom is 0.434 e. The van der Waals surface area contributed by atoms with E-state index in [4.69, 9.17) is 0 Å². The third-order valence-electron chi connectivity index (χ3n) is 3.97. The van der Waals surface area contributed by atoms with Gasteiger partial charge in [0.2, 0.25) is 0 Å². The number of thiazole rings is 1. The lowest BCUT2D eigenvalue weighted by Crippen LogP contribution is -2.36. The molecule has 2 N–H and O–H groups in total. The number of hydrogen-bond acceptors (Lipinski definition) is 5. The highest BCUT2D eigenvalue weighted by atomic mass is 32.1. The Bertz CT molecular complexity index is 990. The SMILES string of the molecule is CN=C(NCc1ccc(-n2nc(C)cc2C)nc1)NCc1nc(C(F)(F)F)cs1. The molecule has 0 aliphatic rings. The third-order valence-corrected chi connectivity index (χ3v) is 4.82. The molecule has 0 saturated heterocycles. The standard InChI is InChI=1S/C18H20F3N7S/c1-11-6-12(2)28(27-11)15-5-4-13(7-23-15)8-24-17(22-3)25-9-16-26-14(10-29-16)18(19,20)21/h4-7,10H,8-9H2,1-3H3,(H2,22,24,25). The smallest absolute Gasteiger partial charge is 0.352 e. The van der Waals surface area contributed by atoms with Gasteiger partial charge in [-0.3, -0.25) is 4.99 Å². The topological polar surface area (TPSA) is 80.0 Å². The van der Waals surface area contributed by atoms with Crippen LogP contribution in [0.3, 0.4) is 0 Å². The van der Waals surface area contributed by atoms with Crippen molar-refractivity contribution < 1.29 is 13.2 Å². The van der Waals surface area contributed by atoms with Gasteiger partial charge in [-0.2, -0.15) is 18.3 Å². The molecule has 11 heteroatoms. The summed E-state index contributed by atoms with van der Waals surface area (Å²) >= 11 is 0.951. The van der Waals surface area contributed by atoms with Crippen molar-refractivity contribution in [3.05, 3.63) is 57.4 Å². The summed E-state index contributed by atoms with van der Waals surface area (Å²) in [6.45, 7) is 4.49. The van der Waals surface area contributed by atoms with Crippen LogP contribution in [0, 0.1) is 13.8 Å². The number of rotatable bonds is 5. The number of pyridine rings is 1. The van der Waals surface area contributed by atoms with E-state index in [-0.39, 0.29) is 6.54 Å². The predicted molar refractivity (Wildman–Crippen MR) is 105 cm³/mol. The molecule has 0 saturated carbocycles. The van der Waals surface area contributed by atoms with E-state index in [1.165, 1.54) is 0 Å². The van der Waals surface area contributed by atoms with Crippen molar-refractivity contribution in [1.82, 2.24) is 30.4 Å². The number of aliphatic imine (C=N–C) groups is 1. The molecule has 0 amide bonds. The van der Waals surface area contributed by atoms with Crippen LogP contribution in [0.15, 0.2) is 34.8 Å². The quantitative estimate of drug-likeness (QED) is 0.487. The van der Waals surface area contributed by atoms with Gasteiger partial charge in [-0.1, -0.05) is 6.07 Å². The molecule has 0 unspecified atom stereocenters. The number of aromatic nitrogens is 4. The van der Waals surface area contributed by atoms with Crippen LogP contribution in [-0.2, 0) is 19.3 Å². The van der Waals surface area contributed by atoms with Gasteiger partial charge >= 0.3 is 6.18 Å². The zero-order valence-electron chi connectivity index (χ0n) is 16.1.